The van der Waals surface area contributed by atoms with Crippen molar-refractivity contribution in [3.05, 3.63) is 103 Å². The lowest BCUT2D eigenvalue weighted by Gasteiger charge is -2.09. The number of hydrogen-bond acceptors (Lipinski definition) is 11. The molecule has 0 atom stereocenters. The Morgan fingerprint density at radius 3 is 1.74 bits per heavy atom. The molecule has 47 heavy (non-hydrogen) atoms. The first-order chi connectivity index (χ1) is 22.3. The second kappa shape index (κ2) is 11.9. The number of nitrogens with zero attached hydrogens (tertiary/aromatic N) is 4. The summed E-state index contributed by atoms with van der Waals surface area (Å²) in [6.07, 6.45) is 0. The molecule has 0 aliphatic rings. The van der Waals surface area contributed by atoms with Crippen LogP contribution in [0.5, 0.6) is 11.5 Å². The van der Waals surface area contributed by atoms with Crippen molar-refractivity contribution >= 4 is 70.2 Å². The van der Waals surface area contributed by atoms with Gasteiger partial charge in [0, 0.05) is 16.5 Å². The van der Waals surface area contributed by atoms with Gasteiger partial charge in [-0.25, -0.2) is 0 Å². The topological polar surface area (TPSA) is 225 Å². The lowest BCUT2D eigenvalue weighted by atomic mass is 10.1. The number of benzene rings is 6. The van der Waals surface area contributed by atoms with Gasteiger partial charge in [0.15, 0.2) is 5.75 Å². The molecule has 0 radical (unpaired) electrons. The van der Waals surface area contributed by atoms with Crippen LogP contribution >= 0.6 is 0 Å². The molecule has 0 unspecified atom stereocenters. The summed E-state index contributed by atoms with van der Waals surface area (Å²) in [5.41, 5.74) is 8.51. The van der Waals surface area contributed by atoms with Gasteiger partial charge in [0.2, 0.25) is 0 Å². The zero-order chi connectivity index (χ0) is 33.5. The average Bonchev–Trinajstić information content (AvgIpc) is 3.03. The Labute approximate surface area is 267 Å². The number of azo groups is 2. The number of anilines is 1. The maximum atomic E-state index is 11.9. The van der Waals surface area contributed by atoms with Gasteiger partial charge in [0.05, 0.1) is 16.8 Å². The molecule has 0 saturated heterocycles. The van der Waals surface area contributed by atoms with Gasteiger partial charge in [-0.3, -0.25) is 9.11 Å². The highest BCUT2D eigenvalue weighted by Gasteiger charge is 2.20. The number of hydrogen-bond donors (Lipinski definition) is 5. The summed E-state index contributed by atoms with van der Waals surface area (Å²) in [6, 6.07) is 26.2. The third-order valence-corrected chi connectivity index (χ3v) is 9.05. The van der Waals surface area contributed by atoms with Crippen LogP contribution in [0.3, 0.4) is 0 Å². The monoisotopic (exact) mass is 669 g/mol. The normalized spacial score (nSPS) is 12.5. The van der Waals surface area contributed by atoms with E-state index in [9.17, 15) is 36.2 Å². The molecule has 0 bridgehead atoms. The Balaban J connectivity index is 1.22. The van der Waals surface area contributed by atoms with Gasteiger partial charge in [-0.2, -0.15) is 27.1 Å². The molecule has 0 heterocycles. The van der Waals surface area contributed by atoms with E-state index in [2.05, 4.69) is 20.5 Å². The van der Waals surface area contributed by atoms with Gasteiger partial charge >= 0.3 is 0 Å². The molecule has 0 aliphatic carbocycles. The van der Waals surface area contributed by atoms with Gasteiger partial charge < -0.3 is 15.9 Å². The zero-order valence-corrected chi connectivity index (χ0v) is 25.6. The predicted molar refractivity (Wildman–Crippen MR) is 175 cm³/mol. The number of phenolic OH excluding ortho intramolecular Hbond substituents is 2. The molecule has 6 aromatic rings. The molecule has 6 aromatic carbocycles. The largest absolute Gasteiger partial charge is 0.506 e. The summed E-state index contributed by atoms with van der Waals surface area (Å²) in [5.74, 6) is -0.699. The molecule has 0 aliphatic heterocycles. The molecule has 0 aromatic heterocycles. The minimum absolute atomic E-state index is 0.0201. The van der Waals surface area contributed by atoms with Crippen LogP contribution in [0.4, 0.5) is 28.4 Å². The van der Waals surface area contributed by atoms with E-state index < -0.39 is 35.8 Å². The summed E-state index contributed by atoms with van der Waals surface area (Å²) >= 11 is 0. The van der Waals surface area contributed by atoms with Crippen LogP contribution in [0.25, 0.3) is 32.7 Å². The van der Waals surface area contributed by atoms with E-state index in [4.69, 9.17) is 5.73 Å². The van der Waals surface area contributed by atoms with Crippen molar-refractivity contribution in [3.63, 3.8) is 0 Å². The fourth-order valence-electron chi connectivity index (χ4n) is 5.01. The number of aromatic hydroxyl groups is 2. The maximum absolute atomic E-state index is 11.9. The highest BCUT2D eigenvalue weighted by molar-refractivity contribution is 7.86. The molecule has 236 valence electrons. The Morgan fingerprint density at radius 2 is 1.15 bits per heavy atom. The second-order valence-corrected chi connectivity index (χ2v) is 13.0. The van der Waals surface area contributed by atoms with Crippen molar-refractivity contribution in [2.75, 3.05) is 5.73 Å². The molecule has 6 rings (SSSR count). The van der Waals surface area contributed by atoms with E-state index in [1.807, 2.05) is 0 Å². The number of nitrogen functional groups attached to an aromatic ring is 1. The molecule has 13 nitrogen and oxygen atoms in total. The summed E-state index contributed by atoms with van der Waals surface area (Å²) in [7, 11) is -9.15. The fourth-order valence-corrected chi connectivity index (χ4v) is 6.43. The van der Waals surface area contributed by atoms with E-state index in [0.717, 1.165) is 17.2 Å². The van der Waals surface area contributed by atoms with Crippen LogP contribution in [0.2, 0.25) is 0 Å². The molecule has 0 amide bonds. The van der Waals surface area contributed by atoms with E-state index in [1.165, 1.54) is 42.5 Å². The van der Waals surface area contributed by atoms with Gasteiger partial charge in [-0.1, -0.05) is 48.5 Å². The highest BCUT2D eigenvalue weighted by Crippen LogP contribution is 2.42. The lowest BCUT2D eigenvalue weighted by molar-refractivity contribution is 0.476. The van der Waals surface area contributed by atoms with Gasteiger partial charge in [-0.05, 0) is 71.1 Å². The van der Waals surface area contributed by atoms with Crippen LogP contribution < -0.4 is 5.73 Å². The SMILES string of the molecule is Nc1ccc(S(=O)(=O)O)c2ccc(N=Nc3ccc(-c4ccc(N=Nc5c(O)ccc6cccc(S(=O)(=O)O)c56)cc4)cc3)c(O)c12. The molecule has 0 fully saturated rings. The minimum atomic E-state index is -4.59. The van der Waals surface area contributed by atoms with E-state index in [-0.39, 0.29) is 39.0 Å². The van der Waals surface area contributed by atoms with Crippen molar-refractivity contribution in [1.29, 1.82) is 0 Å². The molecule has 15 heteroatoms. The van der Waals surface area contributed by atoms with Crippen LogP contribution in [0.15, 0.2) is 133 Å². The third kappa shape index (κ3) is 6.23. The van der Waals surface area contributed by atoms with E-state index >= 15 is 0 Å². The summed E-state index contributed by atoms with van der Waals surface area (Å²) in [4.78, 5) is -0.795. The first-order valence-corrected chi connectivity index (χ1v) is 16.5. The van der Waals surface area contributed by atoms with Crippen molar-refractivity contribution in [2.24, 2.45) is 20.5 Å². The van der Waals surface area contributed by atoms with E-state index in [1.54, 1.807) is 54.6 Å². The van der Waals surface area contributed by atoms with E-state index in [0.29, 0.717) is 16.8 Å². The Morgan fingerprint density at radius 1 is 0.553 bits per heavy atom. The molecule has 0 spiro atoms. The Bertz CT molecular complexity index is 2480. The maximum Gasteiger partial charge on any atom is 0.295 e. The lowest BCUT2D eigenvalue weighted by Crippen LogP contribution is -2.00. The molecular weight excluding hydrogens is 647 g/mol. The first kappa shape index (κ1) is 31.3. The number of phenols is 2. The number of nitrogens with two attached hydrogens (primary N) is 1. The summed E-state index contributed by atoms with van der Waals surface area (Å²) in [6.45, 7) is 0. The summed E-state index contributed by atoms with van der Waals surface area (Å²) < 4.78 is 66.5. The Kier molecular flexibility index (Phi) is 7.90. The van der Waals surface area contributed by atoms with Crippen LogP contribution in [0, 0.1) is 0 Å². The fraction of sp³-hybridized carbons (Fsp3) is 0. The highest BCUT2D eigenvalue weighted by atomic mass is 32.2. The minimum Gasteiger partial charge on any atom is -0.506 e. The first-order valence-electron chi connectivity index (χ1n) is 13.6. The standard InChI is InChI=1S/C32H23N5O8S2/c33-24-14-17-27(46(40,41)42)23-13-15-25(32(39)30(23)24)36-34-21-9-4-18(5-10-21)19-6-11-22(12-7-19)35-37-31-26(38)16-8-20-2-1-3-28(29(20)31)47(43,44)45/h1-17,38-39H,33H2,(H,40,41,42)(H,43,44,45). The van der Waals surface area contributed by atoms with Crippen LogP contribution in [-0.2, 0) is 20.2 Å². The summed E-state index contributed by atoms with van der Waals surface area (Å²) in [5, 5.41) is 38.2. The van der Waals surface area contributed by atoms with Gasteiger partial charge in [0.25, 0.3) is 20.2 Å². The molecule has 0 saturated carbocycles. The molecule has 6 N–H and O–H groups in total. The number of fused-ring (bicyclic) bond motifs is 2. The predicted octanol–water partition coefficient (Wildman–Crippen LogP) is 7.98. The zero-order valence-electron chi connectivity index (χ0n) is 23.9. The molecular formula is C32H23N5O8S2. The van der Waals surface area contributed by atoms with Crippen molar-refractivity contribution in [3.8, 4) is 22.6 Å². The van der Waals surface area contributed by atoms with Crippen molar-refractivity contribution < 1.29 is 36.2 Å². The second-order valence-electron chi connectivity index (χ2n) is 10.2. The van der Waals surface area contributed by atoms with Gasteiger partial charge in [-0.15, -0.1) is 10.2 Å². The third-order valence-electron chi connectivity index (χ3n) is 7.25. The van der Waals surface area contributed by atoms with Crippen molar-refractivity contribution in [2.45, 2.75) is 9.79 Å². The van der Waals surface area contributed by atoms with Gasteiger partial charge in [0.1, 0.15) is 26.9 Å². The van der Waals surface area contributed by atoms with Crippen molar-refractivity contribution in [1.82, 2.24) is 0 Å². The van der Waals surface area contributed by atoms with Crippen LogP contribution in [0.1, 0.15) is 0 Å². The smallest absolute Gasteiger partial charge is 0.295 e. The quantitative estimate of drug-likeness (QED) is 0.0630. The number of rotatable bonds is 7. The average molecular weight is 670 g/mol. The Hall–Kier alpha value is -5.74. The van der Waals surface area contributed by atoms with Crippen LogP contribution in [-0.4, -0.2) is 36.2 Å².